The lowest BCUT2D eigenvalue weighted by molar-refractivity contribution is -0.118. The lowest BCUT2D eigenvalue weighted by Gasteiger charge is -2.06. The van der Waals surface area contributed by atoms with Gasteiger partial charge in [-0.1, -0.05) is 47.5 Å². The van der Waals surface area contributed by atoms with E-state index >= 15 is 0 Å². The molecule has 0 aliphatic carbocycles. The van der Waals surface area contributed by atoms with E-state index in [1.807, 2.05) is 49.4 Å². The van der Waals surface area contributed by atoms with Crippen LogP contribution in [0.15, 0.2) is 52.9 Å². The molecular formula is C21H21ClN2O3S. The molecule has 1 atom stereocenters. The van der Waals surface area contributed by atoms with Gasteiger partial charge >= 0.3 is 0 Å². The van der Waals surface area contributed by atoms with Gasteiger partial charge in [-0.15, -0.1) is 0 Å². The summed E-state index contributed by atoms with van der Waals surface area (Å²) < 4.78 is 18.1. The fourth-order valence-electron chi connectivity index (χ4n) is 2.62. The van der Waals surface area contributed by atoms with Gasteiger partial charge in [0.2, 0.25) is 11.8 Å². The van der Waals surface area contributed by atoms with Crippen LogP contribution in [0, 0.1) is 13.8 Å². The second-order valence-electron chi connectivity index (χ2n) is 6.48. The molecule has 3 aromatic rings. The minimum absolute atomic E-state index is 0.101. The first kappa shape index (κ1) is 20.3. The Bertz CT molecular complexity index is 999. The van der Waals surface area contributed by atoms with E-state index in [-0.39, 0.29) is 17.4 Å². The molecule has 3 rings (SSSR count). The highest BCUT2D eigenvalue weighted by atomic mass is 35.5. The monoisotopic (exact) mass is 416 g/mol. The molecule has 0 radical (unpaired) electrons. The molecular weight excluding hydrogens is 396 g/mol. The van der Waals surface area contributed by atoms with Gasteiger partial charge in [0.05, 0.1) is 11.4 Å². The van der Waals surface area contributed by atoms with E-state index in [1.54, 1.807) is 13.0 Å². The quantitative estimate of drug-likeness (QED) is 0.627. The molecule has 1 N–H and O–H groups in total. The summed E-state index contributed by atoms with van der Waals surface area (Å²) in [7, 11) is -1.39. The Hall–Kier alpha value is -2.44. The van der Waals surface area contributed by atoms with Gasteiger partial charge in [0.1, 0.15) is 11.5 Å². The molecule has 0 spiro atoms. The van der Waals surface area contributed by atoms with E-state index in [0.29, 0.717) is 28.9 Å². The number of halogens is 1. The zero-order valence-electron chi connectivity index (χ0n) is 15.7. The Morgan fingerprint density at radius 3 is 2.57 bits per heavy atom. The van der Waals surface area contributed by atoms with Crippen LogP contribution in [0.2, 0.25) is 5.02 Å². The largest absolute Gasteiger partial charge is 0.441 e. The van der Waals surface area contributed by atoms with Crippen molar-refractivity contribution in [1.82, 2.24) is 10.3 Å². The van der Waals surface area contributed by atoms with Crippen molar-refractivity contribution in [2.24, 2.45) is 0 Å². The van der Waals surface area contributed by atoms with Gasteiger partial charge in [0, 0.05) is 27.9 Å². The highest BCUT2D eigenvalue weighted by Crippen LogP contribution is 2.23. The number of oxazole rings is 1. The van der Waals surface area contributed by atoms with Crippen molar-refractivity contribution in [3.05, 3.63) is 76.1 Å². The van der Waals surface area contributed by atoms with Crippen LogP contribution in [0.4, 0.5) is 0 Å². The molecule has 1 aromatic heterocycles. The molecule has 1 amide bonds. The third-order valence-electron chi connectivity index (χ3n) is 4.21. The molecule has 2 aromatic carbocycles. The number of amides is 1. The van der Waals surface area contributed by atoms with Gasteiger partial charge < -0.3 is 9.73 Å². The molecule has 5 nitrogen and oxygen atoms in total. The summed E-state index contributed by atoms with van der Waals surface area (Å²) in [4.78, 5) is 16.5. The molecule has 0 fully saturated rings. The van der Waals surface area contributed by atoms with Crippen LogP contribution in [-0.2, 0) is 27.9 Å². The molecule has 0 unspecified atom stereocenters. The predicted molar refractivity (Wildman–Crippen MR) is 111 cm³/mol. The number of aryl methyl sites for hydroxylation is 2. The highest BCUT2D eigenvalue weighted by Gasteiger charge is 2.16. The Labute approximate surface area is 171 Å². The molecule has 0 bridgehead atoms. The number of hydrogen-bond donors (Lipinski definition) is 1. The SMILES string of the molecule is Cc1ccc(-c2nc(C[S@@](=O)CC(=O)NCc3ccccc3Cl)c(C)o2)cc1. The van der Waals surface area contributed by atoms with E-state index in [9.17, 15) is 9.00 Å². The number of carbonyl (C=O) groups is 1. The standard InChI is InChI=1S/C21H21ClN2O3S/c1-14-7-9-16(10-8-14)21-24-19(15(2)27-21)12-28(26)13-20(25)23-11-17-5-3-4-6-18(17)22/h3-10H,11-13H2,1-2H3,(H,23,25)/t28-/m1/s1. The Morgan fingerprint density at radius 2 is 1.86 bits per heavy atom. The topological polar surface area (TPSA) is 72.2 Å². The Balaban J connectivity index is 1.56. The summed E-state index contributed by atoms with van der Waals surface area (Å²) in [6, 6.07) is 15.1. The summed E-state index contributed by atoms with van der Waals surface area (Å²) >= 11 is 6.07. The van der Waals surface area contributed by atoms with Crippen LogP contribution in [0.1, 0.15) is 22.6 Å². The fourth-order valence-corrected chi connectivity index (χ4v) is 3.89. The van der Waals surface area contributed by atoms with E-state index in [0.717, 1.165) is 16.7 Å². The summed E-state index contributed by atoms with van der Waals surface area (Å²) in [5.74, 6) is 0.878. The summed E-state index contributed by atoms with van der Waals surface area (Å²) in [6.07, 6.45) is 0. The van der Waals surface area contributed by atoms with Gasteiger partial charge in [-0.25, -0.2) is 4.98 Å². The molecule has 0 saturated heterocycles. The first-order valence-electron chi connectivity index (χ1n) is 8.81. The number of rotatable bonds is 7. The van der Waals surface area contributed by atoms with Crippen molar-refractivity contribution in [3.8, 4) is 11.5 Å². The molecule has 1 heterocycles. The minimum Gasteiger partial charge on any atom is -0.441 e. The van der Waals surface area contributed by atoms with Crippen molar-refractivity contribution in [2.75, 3.05) is 5.75 Å². The maximum atomic E-state index is 12.4. The predicted octanol–water partition coefficient (Wildman–Crippen LogP) is 4.18. The van der Waals surface area contributed by atoms with Crippen molar-refractivity contribution >= 4 is 28.3 Å². The van der Waals surface area contributed by atoms with Gasteiger partial charge in [-0.3, -0.25) is 9.00 Å². The van der Waals surface area contributed by atoms with Gasteiger partial charge in [-0.05, 0) is 37.6 Å². The molecule has 0 saturated carbocycles. The van der Waals surface area contributed by atoms with E-state index in [1.165, 1.54) is 0 Å². The lowest BCUT2D eigenvalue weighted by atomic mass is 10.1. The van der Waals surface area contributed by atoms with Crippen molar-refractivity contribution < 1.29 is 13.4 Å². The van der Waals surface area contributed by atoms with Gasteiger partial charge in [0.25, 0.3) is 0 Å². The zero-order chi connectivity index (χ0) is 20.1. The molecule has 0 aliphatic rings. The number of nitrogens with one attached hydrogen (secondary N) is 1. The second kappa shape index (κ2) is 9.17. The maximum Gasteiger partial charge on any atom is 0.232 e. The van der Waals surface area contributed by atoms with E-state index < -0.39 is 10.8 Å². The van der Waals surface area contributed by atoms with Crippen LogP contribution in [0.5, 0.6) is 0 Å². The summed E-state index contributed by atoms with van der Waals surface area (Å²) in [6.45, 7) is 4.10. The van der Waals surface area contributed by atoms with Crippen LogP contribution in [-0.4, -0.2) is 20.9 Å². The second-order valence-corrected chi connectivity index (χ2v) is 8.35. The lowest BCUT2D eigenvalue weighted by Crippen LogP contribution is -2.28. The van der Waals surface area contributed by atoms with Crippen molar-refractivity contribution in [3.63, 3.8) is 0 Å². The number of aromatic nitrogens is 1. The van der Waals surface area contributed by atoms with Crippen molar-refractivity contribution in [1.29, 1.82) is 0 Å². The first-order chi connectivity index (χ1) is 13.4. The van der Waals surface area contributed by atoms with Crippen LogP contribution in [0.3, 0.4) is 0 Å². The molecule has 0 aliphatic heterocycles. The minimum atomic E-state index is -1.39. The number of carbonyl (C=O) groups excluding carboxylic acids is 1. The third kappa shape index (κ3) is 5.30. The van der Waals surface area contributed by atoms with E-state index in [4.69, 9.17) is 16.0 Å². The summed E-state index contributed by atoms with van der Waals surface area (Å²) in [5, 5.41) is 3.34. The third-order valence-corrected chi connectivity index (χ3v) is 5.76. The van der Waals surface area contributed by atoms with Crippen LogP contribution < -0.4 is 5.32 Å². The van der Waals surface area contributed by atoms with Crippen molar-refractivity contribution in [2.45, 2.75) is 26.1 Å². The number of nitrogens with zero attached hydrogens (tertiary/aromatic N) is 1. The normalized spacial score (nSPS) is 12.0. The first-order valence-corrected chi connectivity index (χ1v) is 10.7. The fraction of sp³-hybridized carbons (Fsp3) is 0.238. The molecule has 7 heteroatoms. The average molecular weight is 417 g/mol. The highest BCUT2D eigenvalue weighted by molar-refractivity contribution is 7.84. The van der Waals surface area contributed by atoms with Crippen LogP contribution >= 0.6 is 11.6 Å². The molecule has 146 valence electrons. The Kier molecular flexibility index (Phi) is 6.65. The smallest absolute Gasteiger partial charge is 0.232 e. The average Bonchev–Trinajstić information content (AvgIpc) is 3.02. The number of benzene rings is 2. The zero-order valence-corrected chi connectivity index (χ0v) is 17.3. The van der Waals surface area contributed by atoms with E-state index in [2.05, 4.69) is 10.3 Å². The van der Waals surface area contributed by atoms with Crippen LogP contribution in [0.25, 0.3) is 11.5 Å². The van der Waals surface area contributed by atoms with Gasteiger partial charge in [0.15, 0.2) is 0 Å². The Morgan fingerprint density at radius 1 is 1.14 bits per heavy atom. The van der Waals surface area contributed by atoms with Gasteiger partial charge in [-0.2, -0.15) is 0 Å². The number of hydrogen-bond acceptors (Lipinski definition) is 4. The summed E-state index contributed by atoms with van der Waals surface area (Å²) in [5.41, 5.74) is 3.44. The maximum absolute atomic E-state index is 12.4. The molecule has 28 heavy (non-hydrogen) atoms.